The summed E-state index contributed by atoms with van der Waals surface area (Å²) in [6.45, 7) is 3.09. The first-order valence-corrected chi connectivity index (χ1v) is 18.7. The third-order valence-electron chi connectivity index (χ3n) is 9.50. The van der Waals surface area contributed by atoms with E-state index >= 15 is 0 Å². The van der Waals surface area contributed by atoms with E-state index in [0.29, 0.717) is 24.1 Å². The molecule has 57 heavy (non-hydrogen) atoms. The number of phenolic OH excluding ortho intramolecular Hbond substituents is 1. The molecule has 4 atom stereocenters. The van der Waals surface area contributed by atoms with Crippen LogP contribution in [0.1, 0.15) is 50.7 Å². The van der Waals surface area contributed by atoms with Crippen LogP contribution in [0.4, 0.5) is 0 Å². The van der Waals surface area contributed by atoms with E-state index in [4.69, 9.17) is 22.9 Å². The SMILES string of the molecule is C/C1=C(/C)C(=O)C(Cc2ccc(O)cc2)NC(=O)CNC(=O)[C@H](Cc2ccc3ccccc3c2)NC(=O)C(CCCN=C(N)N)NC(=O)[C@@H](CCCN=C(N)N)N1. The number of amides is 4. The van der Waals surface area contributed by atoms with Gasteiger partial charge in [-0.2, -0.15) is 0 Å². The zero-order chi connectivity index (χ0) is 41.5. The highest BCUT2D eigenvalue weighted by molar-refractivity contribution is 6.02. The van der Waals surface area contributed by atoms with Gasteiger partial charge in [0.05, 0.1) is 12.6 Å². The van der Waals surface area contributed by atoms with Crippen molar-refractivity contribution < 1.29 is 29.1 Å². The lowest BCUT2D eigenvalue weighted by Gasteiger charge is -2.26. The van der Waals surface area contributed by atoms with Gasteiger partial charge >= 0.3 is 0 Å². The van der Waals surface area contributed by atoms with Gasteiger partial charge in [-0.3, -0.25) is 34.0 Å². The standard InChI is InChI=1S/C40H53N11O6/c1-23-24(2)48-30(9-5-17-45-39(41)42)37(56)50-31(10-6-18-46-40(43)44)38(57)51-33(21-26-11-14-27-7-3-4-8-28(27)19-26)36(55)47-22-34(53)49-32(35(23)54)20-25-12-15-29(52)16-13-25/h3-4,7-8,11-16,19,30-33,48,52H,5-6,9-10,17-18,20-22H2,1-2H3,(H,47,55)(H,49,53)(H,50,56)(H,51,57)(H4,41,42,45)(H4,43,44,46)/b24-23+/t30-,31?,32?,33+/m1/s1. The quantitative estimate of drug-likeness (QED) is 0.0654. The fourth-order valence-corrected chi connectivity index (χ4v) is 6.33. The number of aromatic hydroxyl groups is 1. The highest BCUT2D eigenvalue weighted by Crippen LogP contribution is 2.18. The first-order chi connectivity index (χ1) is 27.2. The summed E-state index contributed by atoms with van der Waals surface area (Å²) in [7, 11) is 0. The van der Waals surface area contributed by atoms with E-state index in [2.05, 4.69) is 36.6 Å². The van der Waals surface area contributed by atoms with Gasteiger partial charge in [0.1, 0.15) is 23.9 Å². The Labute approximate surface area is 331 Å². The Hall–Kier alpha value is -6.65. The van der Waals surface area contributed by atoms with Crippen LogP contribution in [-0.2, 0) is 36.8 Å². The molecule has 2 unspecified atom stereocenters. The van der Waals surface area contributed by atoms with Crippen molar-refractivity contribution in [3.63, 3.8) is 0 Å². The van der Waals surface area contributed by atoms with Crippen LogP contribution in [0.5, 0.6) is 5.75 Å². The van der Waals surface area contributed by atoms with Crippen LogP contribution >= 0.6 is 0 Å². The summed E-state index contributed by atoms with van der Waals surface area (Å²) in [5.41, 5.74) is 24.0. The molecule has 14 N–H and O–H groups in total. The maximum absolute atomic E-state index is 14.1. The van der Waals surface area contributed by atoms with Gasteiger partial charge in [-0.1, -0.05) is 54.6 Å². The van der Waals surface area contributed by atoms with Gasteiger partial charge in [0, 0.05) is 37.2 Å². The molecule has 0 aromatic heterocycles. The Kier molecular flexibility index (Phi) is 15.8. The Morgan fingerprint density at radius 1 is 0.649 bits per heavy atom. The second-order valence-corrected chi connectivity index (χ2v) is 13.9. The smallest absolute Gasteiger partial charge is 0.243 e. The van der Waals surface area contributed by atoms with Crippen molar-refractivity contribution in [2.45, 2.75) is 76.5 Å². The molecule has 0 spiro atoms. The summed E-state index contributed by atoms with van der Waals surface area (Å²) in [5.74, 6) is -3.16. The van der Waals surface area contributed by atoms with Crippen LogP contribution in [0, 0.1) is 0 Å². The van der Waals surface area contributed by atoms with E-state index < -0.39 is 60.1 Å². The molecule has 0 aliphatic carbocycles. The zero-order valence-electron chi connectivity index (χ0n) is 32.2. The fraction of sp³-hybridized carbons (Fsp3) is 0.375. The number of fused-ring (bicyclic) bond motifs is 1. The number of carbonyl (C=O) groups excluding carboxylic acids is 5. The summed E-state index contributed by atoms with van der Waals surface area (Å²) in [4.78, 5) is 77.5. The lowest BCUT2D eigenvalue weighted by molar-refractivity contribution is -0.133. The topological polar surface area (TPSA) is 295 Å². The highest BCUT2D eigenvalue weighted by Gasteiger charge is 2.31. The van der Waals surface area contributed by atoms with Crippen molar-refractivity contribution in [3.05, 3.63) is 89.1 Å². The predicted molar refractivity (Wildman–Crippen MR) is 218 cm³/mol. The van der Waals surface area contributed by atoms with Crippen molar-refractivity contribution in [3.8, 4) is 5.75 Å². The number of guanidine groups is 2. The summed E-state index contributed by atoms with van der Waals surface area (Å²) >= 11 is 0. The van der Waals surface area contributed by atoms with Crippen molar-refractivity contribution in [1.82, 2.24) is 26.6 Å². The summed E-state index contributed by atoms with van der Waals surface area (Å²) in [5, 5.41) is 25.9. The Morgan fingerprint density at radius 3 is 1.81 bits per heavy atom. The van der Waals surface area contributed by atoms with Crippen molar-refractivity contribution in [1.29, 1.82) is 0 Å². The minimum absolute atomic E-state index is 0.0346. The van der Waals surface area contributed by atoms with E-state index in [1.807, 2.05) is 42.5 Å². The molecule has 3 aromatic carbocycles. The third kappa shape index (κ3) is 13.6. The minimum atomic E-state index is -1.17. The number of aliphatic imine (C=N–C) groups is 2. The zero-order valence-corrected chi connectivity index (χ0v) is 32.2. The number of carbonyl (C=O) groups is 5. The van der Waals surface area contributed by atoms with Gasteiger partial charge < -0.3 is 54.6 Å². The average Bonchev–Trinajstić information content (AvgIpc) is 3.18. The molecule has 1 aliphatic rings. The molecule has 17 heteroatoms. The van der Waals surface area contributed by atoms with Crippen LogP contribution in [-0.4, -0.2) is 90.2 Å². The number of nitrogens with two attached hydrogens (primary N) is 4. The number of Topliss-reactive ketones (excluding diaryl/α,β-unsaturated/α-hetero) is 1. The summed E-state index contributed by atoms with van der Waals surface area (Å²) in [6, 6.07) is 15.2. The molecule has 17 nitrogen and oxygen atoms in total. The molecule has 3 aromatic rings. The molecule has 0 saturated carbocycles. The van der Waals surface area contributed by atoms with E-state index in [1.165, 1.54) is 12.1 Å². The van der Waals surface area contributed by atoms with E-state index in [1.54, 1.807) is 26.0 Å². The maximum Gasteiger partial charge on any atom is 0.243 e. The van der Waals surface area contributed by atoms with Gasteiger partial charge in [0.15, 0.2) is 17.7 Å². The average molecular weight is 784 g/mol. The van der Waals surface area contributed by atoms with Crippen molar-refractivity contribution in [2.24, 2.45) is 32.9 Å². The van der Waals surface area contributed by atoms with Gasteiger partial charge in [0.25, 0.3) is 0 Å². The molecule has 0 fully saturated rings. The number of nitrogens with one attached hydrogen (secondary N) is 5. The van der Waals surface area contributed by atoms with Gasteiger partial charge in [-0.15, -0.1) is 0 Å². The van der Waals surface area contributed by atoms with Crippen LogP contribution in [0.3, 0.4) is 0 Å². The second-order valence-electron chi connectivity index (χ2n) is 13.9. The van der Waals surface area contributed by atoms with Crippen molar-refractivity contribution in [2.75, 3.05) is 19.6 Å². The van der Waals surface area contributed by atoms with Crippen LogP contribution < -0.4 is 49.5 Å². The Balaban J connectivity index is 1.73. The summed E-state index contributed by atoms with van der Waals surface area (Å²) < 4.78 is 0. The Bertz CT molecular complexity index is 2010. The molecule has 1 heterocycles. The fourth-order valence-electron chi connectivity index (χ4n) is 6.33. The monoisotopic (exact) mass is 783 g/mol. The van der Waals surface area contributed by atoms with Gasteiger partial charge in [-0.25, -0.2) is 0 Å². The van der Waals surface area contributed by atoms with E-state index in [-0.39, 0.29) is 62.0 Å². The van der Waals surface area contributed by atoms with Crippen molar-refractivity contribution >= 4 is 52.1 Å². The number of phenols is 1. The molecule has 0 saturated heterocycles. The molecular weight excluding hydrogens is 731 g/mol. The number of hydrogen-bond acceptors (Lipinski definition) is 9. The van der Waals surface area contributed by atoms with Gasteiger partial charge in [0.2, 0.25) is 23.6 Å². The molecule has 304 valence electrons. The molecule has 1 aliphatic heterocycles. The largest absolute Gasteiger partial charge is 0.508 e. The number of nitrogens with zero attached hydrogens (tertiary/aromatic N) is 2. The first kappa shape index (κ1) is 43.1. The Morgan fingerprint density at radius 2 is 1.19 bits per heavy atom. The molecule has 0 bridgehead atoms. The lowest BCUT2D eigenvalue weighted by atomic mass is 9.96. The van der Waals surface area contributed by atoms with E-state index in [0.717, 1.165) is 16.3 Å². The number of hydrogen-bond donors (Lipinski definition) is 10. The highest BCUT2D eigenvalue weighted by atomic mass is 16.3. The summed E-state index contributed by atoms with van der Waals surface area (Å²) in [6.07, 6.45) is 1.08. The van der Waals surface area contributed by atoms with Crippen LogP contribution in [0.25, 0.3) is 10.8 Å². The van der Waals surface area contributed by atoms with Gasteiger partial charge in [-0.05, 0) is 73.6 Å². The van der Waals surface area contributed by atoms with Crippen LogP contribution in [0.15, 0.2) is 88.0 Å². The number of rotatable bonds is 12. The van der Waals surface area contributed by atoms with Crippen LogP contribution in [0.2, 0.25) is 0 Å². The maximum atomic E-state index is 14.1. The second kappa shape index (κ2) is 20.9. The molecule has 4 rings (SSSR count). The minimum Gasteiger partial charge on any atom is -0.508 e. The predicted octanol–water partition coefficient (Wildman–Crippen LogP) is -0.157. The molecular formula is C40H53N11O6. The molecule has 0 radical (unpaired) electrons. The number of benzene rings is 3. The lowest BCUT2D eigenvalue weighted by Crippen LogP contribution is -2.57. The first-order valence-electron chi connectivity index (χ1n) is 18.7. The normalized spacial score (nSPS) is 21.3. The number of allylic oxidation sites excluding steroid dienone is 1. The van der Waals surface area contributed by atoms with E-state index in [9.17, 15) is 29.1 Å². The molecule has 4 amide bonds. The third-order valence-corrected chi connectivity index (χ3v) is 9.50. The number of ketones is 1.